The van der Waals surface area contributed by atoms with E-state index in [9.17, 15) is 14.4 Å². The fourth-order valence-corrected chi connectivity index (χ4v) is 6.35. The lowest BCUT2D eigenvalue weighted by atomic mass is 9.96. The molecule has 214 valence electrons. The monoisotopic (exact) mass is 585 g/mol. The highest BCUT2D eigenvalue weighted by molar-refractivity contribution is 7.17. The first-order valence-electron chi connectivity index (χ1n) is 13.6. The first-order chi connectivity index (χ1) is 20.5. The number of benzene rings is 1. The second-order valence-corrected chi connectivity index (χ2v) is 10.9. The number of methoxy groups -OCH3 is 1. The van der Waals surface area contributed by atoms with Gasteiger partial charge in [-0.15, -0.1) is 11.3 Å². The summed E-state index contributed by atoms with van der Waals surface area (Å²) in [6, 6.07) is 11.8. The number of ether oxygens (including phenoxy) is 2. The number of rotatable bonds is 7. The maximum atomic E-state index is 12.9. The van der Waals surface area contributed by atoms with Gasteiger partial charge in [0.2, 0.25) is 0 Å². The normalized spacial score (nSPS) is 13.2. The Morgan fingerprint density at radius 3 is 2.24 bits per heavy atom. The van der Waals surface area contributed by atoms with Crippen molar-refractivity contribution in [3.8, 4) is 22.9 Å². The third kappa shape index (κ3) is 5.55. The number of amides is 1. The zero-order chi connectivity index (χ0) is 29.1. The van der Waals surface area contributed by atoms with Crippen LogP contribution in [-0.2, 0) is 27.1 Å². The van der Waals surface area contributed by atoms with E-state index in [0.717, 1.165) is 49.0 Å². The molecule has 1 N–H and O–H groups in total. The molecule has 4 heterocycles. The van der Waals surface area contributed by atoms with Crippen LogP contribution in [0.3, 0.4) is 0 Å². The van der Waals surface area contributed by atoms with Crippen molar-refractivity contribution in [2.75, 3.05) is 19.0 Å². The van der Waals surface area contributed by atoms with Crippen molar-refractivity contribution in [3.63, 3.8) is 0 Å². The van der Waals surface area contributed by atoms with Gasteiger partial charge in [-0.3, -0.25) is 4.79 Å². The van der Waals surface area contributed by atoms with Crippen molar-refractivity contribution in [3.05, 3.63) is 76.6 Å². The number of furan rings is 2. The largest absolute Gasteiger partial charge is 0.465 e. The molecule has 5 aromatic rings. The molecule has 0 bridgehead atoms. The highest BCUT2D eigenvalue weighted by Gasteiger charge is 2.26. The van der Waals surface area contributed by atoms with Gasteiger partial charge in [-0.05, 0) is 73.7 Å². The van der Waals surface area contributed by atoms with Crippen molar-refractivity contribution in [1.82, 2.24) is 9.97 Å². The second-order valence-electron chi connectivity index (χ2n) is 9.82. The van der Waals surface area contributed by atoms with Crippen molar-refractivity contribution in [2.24, 2.45) is 0 Å². The lowest BCUT2D eigenvalue weighted by Gasteiger charge is -2.11. The number of nitrogens with zero attached hydrogens (tertiary/aromatic N) is 2. The average molecular weight is 586 g/mol. The van der Waals surface area contributed by atoms with Crippen molar-refractivity contribution in [1.29, 1.82) is 0 Å². The van der Waals surface area contributed by atoms with E-state index in [1.54, 1.807) is 48.7 Å². The molecule has 6 rings (SSSR count). The zero-order valence-electron chi connectivity index (χ0n) is 22.8. The minimum absolute atomic E-state index is 0.204. The highest BCUT2D eigenvalue weighted by Crippen LogP contribution is 2.37. The topological polar surface area (TPSA) is 134 Å². The van der Waals surface area contributed by atoms with Gasteiger partial charge in [0.25, 0.3) is 5.91 Å². The van der Waals surface area contributed by atoms with E-state index in [1.807, 2.05) is 0 Å². The van der Waals surface area contributed by atoms with Gasteiger partial charge < -0.3 is 23.6 Å². The molecule has 1 aliphatic carbocycles. The van der Waals surface area contributed by atoms with Gasteiger partial charge in [0, 0.05) is 4.88 Å². The maximum Gasteiger partial charge on any atom is 0.341 e. The number of esters is 2. The van der Waals surface area contributed by atoms with Gasteiger partial charge in [-0.25, -0.2) is 19.6 Å². The summed E-state index contributed by atoms with van der Waals surface area (Å²) < 4.78 is 21.4. The summed E-state index contributed by atoms with van der Waals surface area (Å²) in [4.78, 5) is 48.8. The van der Waals surface area contributed by atoms with E-state index in [4.69, 9.17) is 28.3 Å². The smallest absolute Gasteiger partial charge is 0.341 e. The number of nitrogens with one attached hydrogen (secondary N) is 1. The molecule has 4 aromatic heterocycles. The highest BCUT2D eigenvalue weighted by atomic mass is 32.1. The van der Waals surface area contributed by atoms with Crippen LogP contribution in [0.2, 0.25) is 0 Å². The number of fused-ring (bicyclic) bond motifs is 2. The number of carbonyl (C=O) groups excluding carboxylic acids is 3. The van der Waals surface area contributed by atoms with Crippen LogP contribution in [0.1, 0.15) is 56.8 Å². The Morgan fingerprint density at radius 2 is 1.57 bits per heavy atom. The Morgan fingerprint density at radius 1 is 0.881 bits per heavy atom. The maximum absolute atomic E-state index is 12.9. The number of aryl methyl sites for hydroxylation is 1. The Kier molecular flexibility index (Phi) is 7.83. The summed E-state index contributed by atoms with van der Waals surface area (Å²) in [5.41, 5.74) is 3.48. The standard InChI is InChI=1S/C31H27N3O7S/c1-38-31(37)26-19-8-4-2-3-5-11-24(19)42-29(26)34-25(35)17-41-30(36)18-12-13-20-21(16-18)33-28(23-10-7-15-40-23)27(32-20)22-9-6-14-39-22/h6-7,9-10,12-16H,2-5,8,11,17H2,1H3,(H,34,35). The van der Waals surface area contributed by atoms with E-state index in [0.29, 0.717) is 44.5 Å². The fourth-order valence-electron chi connectivity index (χ4n) is 5.05. The molecular weight excluding hydrogens is 558 g/mol. The molecular formula is C31H27N3O7S. The van der Waals surface area contributed by atoms with E-state index in [-0.39, 0.29) is 5.56 Å². The van der Waals surface area contributed by atoms with E-state index in [1.165, 1.54) is 24.7 Å². The van der Waals surface area contributed by atoms with Crippen LogP contribution < -0.4 is 5.32 Å². The number of carbonyl (C=O) groups is 3. The van der Waals surface area contributed by atoms with Crippen LogP contribution in [0.25, 0.3) is 33.9 Å². The molecule has 0 aliphatic heterocycles. The summed E-state index contributed by atoms with van der Waals surface area (Å²) in [5, 5.41) is 3.19. The Bertz CT molecular complexity index is 1760. The molecule has 1 amide bonds. The summed E-state index contributed by atoms with van der Waals surface area (Å²) >= 11 is 1.39. The Balaban J connectivity index is 1.19. The number of aromatic nitrogens is 2. The van der Waals surface area contributed by atoms with Gasteiger partial charge in [0.05, 0.1) is 41.8 Å². The average Bonchev–Trinajstić information content (AvgIpc) is 3.77. The van der Waals surface area contributed by atoms with E-state index < -0.39 is 24.5 Å². The molecule has 11 heteroatoms. The molecule has 0 saturated carbocycles. The van der Waals surface area contributed by atoms with Crippen LogP contribution in [0.4, 0.5) is 5.00 Å². The molecule has 0 saturated heterocycles. The SMILES string of the molecule is COC(=O)c1c(NC(=O)COC(=O)c2ccc3nc(-c4ccco4)c(-c4ccco4)nc3c2)sc2c1CCCCCC2. The quantitative estimate of drug-likeness (QED) is 0.214. The minimum Gasteiger partial charge on any atom is -0.465 e. The van der Waals surface area contributed by atoms with Gasteiger partial charge >= 0.3 is 11.9 Å². The van der Waals surface area contributed by atoms with Crippen LogP contribution in [0, 0.1) is 0 Å². The van der Waals surface area contributed by atoms with Crippen molar-refractivity contribution >= 4 is 45.2 Å². The van der Waals surface area contributed by atoms with Crippen LogP contribution >= 0.6 is 11.3 Å². The molecule has 0 radical (unpaired) electrons. The lowest BCUT2D eigenvalue weighted by Crippen LogP contribution is -2.21. The third-order valence-electron chi connectivity index (χ3n) is 7.06. The number of hydrogen-bond acceptors (Lipinski definition) is 10. The van der Waals surface area contributed by atoms with Crippen molar-refractivity contribution < 1.29 is 32.7 Å². The predicted octanol–water partition coefficient (Wildman–Crippen LogP) is 6.45. The Hall–Kier alpha value is -4.77. The first-order valence-corrected chi connectivity index (χ1v) is 14.4. The Labute approximate surface area is 244 Å². The summed E-state index contributed by atoms with van der Waals surface area (Å²) in [6.07, 6.45) is 8.94. The second kappa shape index (κ2) is 12.0. The lowest BCUT2D eigenvalue weighted by molar-refractivity contribution is -0.119. The molecule has 0 spiro atoms. The molecule has 10 nitrogen and oxygen atoms in total. The molecule has 0 fully saturated rings. The summed E-state index contributed by atoms with van der Waals surface area (Å²) in [5.74, 6) is -0.713. The minimum atomic E-state index is -0.699. The number of hydrogen-bond donors (Lipinski definition) is 1. The van der Waals surface area contributed by atoms with Crippen LogP contribution in [0.5, 0.6) is 0 Å². The van der Waals surface area contributed by atoms with Crippen LogP contribution in [-0.4, -0.2) is 41.5 Å². The zero-order valence-corrected chi connectivity index (χ0v) is 23.6. The fraction of sp³-hybridized carbons (Fsp3) is 0.258. The first kappa shape index (κ1) is 27.4. The van der Waals surface area contributed by atoms with Gasteiger partial charge in [-0.2, -0.15) is 0 Å². The van der Waals surface area contributed by atoms with Gasteiger partial charge in [0.15, 0.2) is 18.1 Å². The molecule has 0 unspecified atom stereocenters. The molecule has 42 heavy (non-hydrogen) atoms. The van der Waals surface area contributed by atoms with E-state index >= 15 is 0 Å². The molecule has 1 aromatic carbocycles. The molecule has 0 atom stereocenters. The van der Waals surface area contributed by atoms with Crippen molar-refractivity contribution in [2.45, 2.75) is 38.5 Å². The summed E-state index contributed by atoms with van der Waals surface area (Å²) in [6.45, 7) is -0.527. The molecule has 1 aliphatic rings. The van der Waals surface area contributed by atoms with Crippen LogP contribution in [0.15, 0.2) is 63.8 Å². The number of anilines is 1. The van der Waals surface area contributed by atoms with E-state index in [2.05, 4.69) is 5.32 Å². The number of thiophene rings is 1. The third-order valence-corrected chi connectivity index (χ3v) is 8.26. The predicted molar refractivity (Wildman–Crippen MR) is 155 cm³/mol. The summed E-state index contributed by atoms with van der Waals surface area (Å²) in [7, 11) is 1.33. The van der Waals surface area contributed by atoms with Gasteiger partial charge in [-0.1, -0.05) is 12.8 Å². The van der Waals surface area contributed by atoms with Gasteiger partial charge in [0.1, 0.15) is 16.4 Å².